The molecule has 108 valence electrons. The minimum Gasteiger partial charge on any atom is -0.481 e. The zero-order valence-corrected chi connectivity index (χ0v) is 11.3. The number of ether oxygens (including phenoxy) is 2. The molecular formula is C13H21NO5. The van der Waals surface area contributed by atoms with Crippen molar-refractivity contribution in [3.8, 4) is 11.8 Å². The summed E-state index contributed by atoms with van der Waals surface area (Å²) in [5.41, 5.74) is 0. The van der Waals surface area contributed by atoms with Crippen LogP contribution in [-0.4, -0.2) is 66.8 Å². The Morgan fingerprint density at radius 2 is 2.21 bits per heavy atom. The molecule has 0 saturated heterocycles. The summed E-state index contributed by atoms with van der Waals surface area (Å²) < 4.78 is 10.6. The Bertz CT molecular complexity index is 349. The molecule has 6 nitrogen and oxygen atoms in total. The van der Waals surface area contributed by atoms with Crippen molar-refractivity contribution in [2.75, 3.05) is 27.3 Å². The van der Waals surface area contributed by atoms with Crippen LogP contribution >= 0.6 is 0 Å². The highest BCUT2D eigenvalue weighted by molar-refractivity contribution is 5.66. The maximum atomic E-state index is 10.5. The third-order valence-corrected chi connectivity index (χ3v) is 3.12. The first-order valence-corrected chi connectivity index (χ1v) is 6.26. The number of aliphatic hydroxyl groups is 1. The maximum Gasteiger partial charge on any atom is 0.303 e. The van der Waals surface area contributed by atoms with Gasteiger partial charge in [-0.3, -0.25) is 9.69 Å². The number of carboxylic acid groups (broad SMARTS) is 1. The molecule has 6 heteroatoms. The number of nitrogens with zero attached hydrogens (tertiary/aromatic N) is 1. The van der Waals surface area contributed by atoms with E-state index in [0.717, 1.165) is 0 Å². The SMILES string of the molecule is CO[C@H]1C#CCCN(C(O)CCC(=O)O)C[C@@H]1OC. The van der Waals surface area contributed by atoms with Crippen molar-refractivity contribution in [3.63, 3.8) is 0 Å². The quantitative estimate of drug-likeness (QED) is 0.657. The lowest BCUT2D eigenvalue weighted by Gasteiger charge is -2.33. The molecule has 0 bridgehead atoms. The molecule has 0 saturated carbocycles. The molecule has 1 unspecified atom stereocenters. The van der Waals surface area contributed by atoms with E-state index in [1.165, 1.54) is 0 Å². The third kappa shape index (κ3) is 5.17. The number of carbonyl (C=O) groups is 1. The standard InChI is InChI=1S/C13H21NO5/c1-18-10-5-3-4-8-14(9-11(10)19-2)12(15)6-7-13(16)17/h10-12,15H,4,6-9H2,1-2H3,(H,16,17)/t10-,11-,12?/m0/s1. The van der Waals surface area contributed by atoms with E-state index in [0.29, 0.717) is 19.5 Å². The van der Waals surface area contributed by atoms with E-state index < -0.39 is 12.2 Å². The minimum atomic E-state index is -0.913. The van der Waals surface area contributed by atoms with E-state index in [1.807, 2.05) is 0 Å². The Kier molecular flexibility index (Phi) is 6.81. The molecular weight excluding hydrogens is 250 g/mol. The number of hydrogen-bond donors (Lipinski definition) is 2. The first-order chi connectivity index (χ1) is 9.08. The van der Waals surface area contributed by atoms with Crippen LogP contribution in [0.25, 0.3) is 0 Å². The van der Waals surface area contributed by atoms with Gasteiger partial charge in [-0.2, -0.15) is 0 Å². The molecule has 1 aliphatic rings. The number of rotatable bonds is 6. The first-order valence-electron chi connectivity index (χ1n) is 6.26. The summed E-state index contributed by atoms with van der Waals surface area (Å²) in [5.74, 6) is 5.05. The van der Waals surface area contributed by atoms with Gasteiger partial charge in [0.05, 0.1) is 0 Å². The van der Waals surface area contributed by atoms with E-state index >= 15 is 0 Å². The topological polar surface area (TPSA) is 79.2 Å². The van der Waals surface area contributed by atoms with Crippen molar-refractivity contribution in [2.45, 2.75) is 37.7 Å². The molecule has 3 atom stereocenters. The predicted molar refractivity (Wildman–Crippen MR) is 68.4 cm³/mol. The molecule has 0 fully saturated rings. The smallest absolute Gasteiger partial charge is 0.303 e. The summed E-state index contributed by atoms with van der Waals surface area (Å²) >= 11 is 0. The molecule has 0 amide bonds. The van der Waals surface area contributed by atoms with Gasteiger partial charge < -0.3 is 19.7 Å². The second kappa shape index (κ2) is 8.12. The van der Waals surface area contributed by atoms with E-state index in [1.54, 1.807) is 19.1 Å². The van der Waals surface area contributed by atoms with Gasteiger partial charge in [0.1, 0.15) is 18.4 Å². The number of hydrogen-bond acceptors (Lipinski definition) is 5. The zero-order valence-electron chi connectivity index (χ0n) is 11.3. The van der Waals surface area contributed by atoms with Crippen molar-refractivity contribution in [1.29, 1.82) is 0 Å². The third-order valence-electron chi connectivity index (χ3n) is 3.12. The summed E-state index contributed by atoms with van der Waals surface area (Å²) in [4.78, 5) is 12.3. The van der Waals surface area contributed by atoms with Crippen LogP contribution in [0.3, 0.4) is 0 Å². The summed E-state index contributed by atoms with van der Waals surface area (Å²) in [7, 11) is 3.14. The van der Waals surface area contributed by atoms with Crippen molar-refractivity contribution in [2.24, 2.45) is 0 Å². The van der Waals surface area contributed by atoms with Gasteiger partial charge >= 0.3 is 5.97 Å². The summed E-state index contributed by atoms with van der Waals surface area (Å²) in [6.45, 7) is 1.05. The summed E-state index contributed by atoms with van der Waals surface area (Å²) in [5, 5.41) is 18.7. The highest BCUT2D eigenvalue weighted by atomic mass is 16.5. The van der Waals surface area contributed by atoms with Crippen LogP contribution in [-0.2, 0) is 14.3 Å². The van der Waals surface area contributed by atoms with Crippen LogP contribution in [0.2, 0.25) is 0 Å². The Morgan fingerprint density at radius 3 is 2.79 bits per heavy atom. The van der Waals surface area contributed by atoms with Crippen LogP contribution in [0.15, 0.2) is 0 Å². The molecule has 2 N–H and O–H groups in total. The van der Waals surface area contributed by atoms with Crippen molar-refractivity contribution >= 4 is 5.97 Å². The number of carboxylic acids is 1. The minimum absolute atomic E-state index is 0.0608. The fraction of sp³-hybridized carbons (Fsp3) is 0.769. The second-order valence-electron chi connectivity index (χ2n) is 4.41. The van der Waals surface area contributed by atoms with Crippen LogP contribution in [0.5, 0.6) is 0 Å². The molecule has 0 aliphatic carbocycles. The van der Waals surface area contributed by atoms with E-state index in [-0.39, 0.29) is 25.0 Å². The summed E-state index contributed by atoms with van der Waals surface area (Å²) in [6.07, 6.45) is -0.658. The molecule has 0 radical (unpaired) electrons. The van der Waals surface area contributed by atoms with E-state index in [9.17, 15) is 9.90 Å². The van der Waals surface area contributed by atoms with Crippen molar-refractivity contribution in [3.05, 3.63) is 0 Å². The number of aliphatic carboxylic acids is 1. The number of methoxy groups -OCH3 is 2. The van der Waals surface area contributed by atoms with Crippen molar-refractivity contribution in [1.82, 2.24) is 4.90 Å². The highest BCUT2D eigenvalue weighted by Crippen LogP contribution is 2.12. The molecule has 1 heterocycles. The molecule has 0 aromatic heterocycles. The monoisotopic (exact) mass is 271 g/mol. The van der Waals surface area contributed by atoms with Gasteiger partial charge in [0, 0.05) is 40.2 Å². The fourth-order valence-electron chi connectivity index (χ4n) is 2.00. The number of aliphatic hydroxyl groups excluding tert-OH is 1. The largest absolute Gasteiger partial charge is 0.481 e. The first kappa shape index (κ1) is 15.9. The average Bonchev–Trinajstić information content (AvgIpc) is 2.36. The van der Waals surface area contributed by atoms with Crippen LogP contribution in [0, 0.1) is 11.8 Å². The van der Waals surface area contributed by atoms with Crippen LogP contribution in [0.4, 0.5) is 0 Å². The predicted octanol–water partition coefficient (Wildman–Crippen LogP) is -0.0913. The lowest BCUT2D eigenvalue weighted by Crippen LogP contribution is -2.46. The summed E-state index contributed by atoms with van der Waals surface area (Å²) in [6, 6.07) is 0. The molecule has 0 aromatic rings. The Morgan fingerprint density at radius 1 is 1.47 bits per heavy atom. The second-order valence-corrected chi connectivity index (χ2v) is 4.41. The lowest BCUT2D eigenvalue weighted by molar-refractivity contribution is -0.138. The Hall–Kier alpha value is -1.13. The zero-order chi connectivity index (χ0) is 14.3. The van der Waals surface area contributed by atoms with E-state index in [4.69, 9.17) is 14.6 Å². The van der Waals surface area contributed by atoms with Gasteiger partial charge in [0.15, 0.2) is 0 Å². The van der Waals surface area contributed by atoms with Gasteiger partial charge in [-0.1, -0.05) is 11.8 Å². The van der Waals surface area contributed by atoms with Gasteiger partial charge in [-0.25, -0.2) is 0 Å². The molecule has 1 aliphatic heterocycles. The van der Waals surface area contributed by atoms with Gasteiger partial charge in [0.25, 0.3) is 0 Å². The van der Waals surface area contributed by atoms with Crippen LogP contribution in [0.1, 0.15) is 19.3 Å². The van der Waals surface area contributed by atoms with Gasteiger partial charge in [0.2, 0.25) is 0 Å². The Labute approximate surface area is 113 Å². The molecule has 1 rings (SSSR count). The van der Waals surface area contributed by atoms with Crippen LogP contribution < -0.4 is 0 Å². The molecule has 19 heavy (non-hydrogen) atoms. The molecule has 0 aromatic carbocycles. The normalized spacial score (nSPS) is 25.8. The van der Waals surface area contributed by atoms with E-state index in [2.05, 4.69) is 11.8 Å². The fourth-order valence-corrected chi connectivity index (χ4v) is 2.00. The maximum absolute atomic E-state index is 10.5. The van der Waals surface area contributed by atoms with Gasteiger partial charge in [-0.15, -0.1) is 0 Å². The average molecular weight is 271 g/mol. The molecule has 0 spiro atoms. The Balaban J connectivity index is 2.64. The highest BCUT2D eigenvalue weighted by Gasteiger charge is 2.26. The lowest BCUT2D eigenvalue weighted by atomic mass is 10.1. The van der Waals surface area contributed by atoms with Crippen molar-refractivity contribution < 1.29 is 24.5 Å². The van der Waals surface area contributed by atoms with Gasteiger partial charge in [-0.05, 0) is 6.42 Å².